The van der Waals surface area contributed by atoms with Crippen molar-refractivity contribution in [2.45, 2.75) is 25.8 Å². The van der Waals surface area contributed by atoms with Gasteiger partial charge in [0.1, 0.15) is 5.75 Å². The molecule has 0 aromatic heterocycles. The van der Waals surface area contributed by atoms with E-state index in [-0.39, 0.29) is 6.42 Å². The summed E-state index contributed by atoms with van der Waals surface area (Å²) in [6.45, 7) is 4.28. The van der Waals surface area contributed by atoms with E-state index in [2.05, 4.69) is 11.0 Å². The second kappa shape index (κ2) is 8.00. The molecule has 0 bridgehead atoms. The summed E-state index contributed by atoms with van der Waals surface area (Å²) in [6.07, 6.45) is 1.66. The molecule has 1 saturated heterocycles. The van der Waals surface area contributed by atoms with Gasteiger partial charge >= 0.3 is 5.97 Å². The Kier molecular flexibility index (Phi) is 6.02. The molecule has 0 radical (unpaired) electrons. The summed E-state index contributed by atoms with van der Waals surface area (Å²) in [6, 6.07) is 6.13. The summed E-state index contributed by atoms with van der Waals surface area (Å²) < 4.78 is 10.8. The van der Waals surface area contributed by atoms with Crippen molar-refractivity contribution < 1.29 is 19.4 Å². The molecule has 0 aliphatic carbocycles. The molecule has 1 aromatic rings. The second-order valence-electron chi connectivity index (χ2n) is 5.28. The minimum atomic E-state index is -0.739. The molecule has 1 N–H and O–H groups in total. The molecule has 0 unspecified atom stereocenters. The average Bonchev–Trinajstić information content (AvgIpc) is 2.48. The Hall–Kier alpha value is -1.59. The highest BCUT2D eigenvalue weighted by Gasteiger charge is 2.13. The van der Waals surface area contributed by atoms with Crippen LogP contribution in [-0.2, 0) is 22.5 Å². The SMILES string of the molecule is COc1ccc(CCCC(=O)O)cc1CN1CCOCC1. The molecule has 116 valence electrons. The third kappa shape index (κ3) is 5.02. The van der Waals surface area contributed by atoms with Crippen LogP contribution in [0.2, 0.25) is 0 Å². The predicted molar refractivity (Wildman–Crippen MR) is 79.7 cm³/mol. The van der Waals surface area contributed by atoms with Gasteiger partial charge in [-0.3, -0.25) is 9.69 Å². The topological polar surface area (TPSA) is 59.0 Å². The molecule has 5 heteroatoms. The molecule has 1 heterocycles. The van der Waals surface area contributed by atoms with Crippen LogP contribution >= 0.6 is 0 Å². The highest BCUT2D eigenvalue weighted by atomic mass is 16.5. The van der Waals surface area contributed by atoms with E-state index in [1.165, 1.54) is 5.56 Å². The lowest BCUT2D eigenvalue weighted by atomic mass is 10.0. The standard InChI is InChI=1S/C16H23NO4/c1-20-15-6-5-13(3-2-4-16(18)19)11-14(15)12-17-7-9-21-10-8-17/h5-6,11H,2-4,7-10,12H2,1H3,(H,18,19). The molecular weight excluding hydrogens is 270 g/mol. The zero-order chi connectivity index (χ0) is 15.1. The van der Waals surface area contributed by atoms with Gasteiger partial charge in [-0.15, -0.1) is 0 Å². The minimum absolute atomic E-state index is 0.213. The lowest BCUT2D eigenvalue weighted by molar-refractivity contribution is -0.137. The molecule has 5 nitrogen and oxygen atoms in total. The van der Waals surface area contributed by atoms with Crippen LogP contribution in [0.25, 0.3) is 0 Å². The van der Waals surface area contributed by atoms with Gasteiger partial charge < -0.3 is 14.6 Å². The molecule has 1 aliphatic heterocycles. The molecule has 21 heavy (non-hydrogen) atoms. The maximum atomic E-state index is 10.6. The first-order valence-electron chi connectivity index (χ1n) is 7.36. The quantitative estimate of drug-likeness (QED) is 0.832. The molecule has 0 atom stereocenters. The number of rotatable bonds is 7. The Labute approximate surface area is 125 Å². The predicted octanol–water partition coefficient (Wildman–Crippen LogP) is 1.93. The van der Waals surface area contributed by atoms with E-state index in [1.54, 1.807) is 7.11 Å². The summed E-state index contributed by atoms with van der Waals surface area (Å²) in [5.41, 5.74) is 2.33. The van der Waals surface area contributed by atoms with Crippen LogP contribution in [0.3, 0.4) is 0 Å². The molecule has 2 rings (SSSR count). The van der Waals surface area contributed by atoms with Crippen LogP contribution in [0.15, 0.2) is 18.2 Å². The number of morpholine rings is 1. The Morgan fingerprint density at radius 1 is 1.38 bits per heavy atom. The molecule has 1 aromatic carbocycles. The lowest BCUT2D eigenvalue weighted by Gasteiger charge is -2.27. The first-order valence-corrected chi connectivity index (χ1v) is 7.36. The van der Waals surface area contributed by atoms with Crippen LogP contribution in [0.4, 0.5) is 0 Å². The average molecular weight is 293 g/mol. The van der Waals surface area contributed by atoms with Crippen molar-refractivity contribution in [3.63, 3.8) is 0 Å². The fourth-order valence-corrected chi connectivity index (χ4v) is 2.55. The highest BCUT2D eigenvalue weighted by molar-refractivity contribution is 5.66. The number of benzene rings is 1. The molecule has 1 aliphatic rings. The molecule has 0 saturated carbocycles. The van der Waals surface area contributed by atoms with Crippen molar-refractivity contribution in [3.8, 4) is 5.75 Å². The van der Waals surface area contributed by atoms with Gasteiger partial charge in [-0.2, -0.15) is 0 Å². The van der Waals surface area contributed by atoms with Gasteiger partial charge in [-0.05, 0) is 24.5 Å². The molecule has 1 fully saturated rings. The molecule has 0 spiro atoms. The zero-order valence-electron chi connectivity index (χ0n) is 12.5. The number of aryl methyl sites for hydroxylation is 1. The largest absolute Gasteiger partial charge is 0.496 e. The number of aliphatic carboxylic acids is 1. The number of methoxy groups -OCH3 is 1. The molecule has 0 amide bonds. The van der Waals surface area contributed by atoms with Crippen LogP contribution < -0.4 is 4.74 Å². The van der Waals surface area contributed by atoms with Crippen LogP contribution in [-0.4, -0.2) is 49.4 Å². The van der Waals surface area contributed by atoms with E-state index in [1.807, 2.05) is 12.1 Å². The number of nitrogens with zero attached hydrogens (tertiary/aromatic N) is 1. The van der Waals surface area contributed by atoms with Gasteiger partial charge in [-0.25, -0.2) is 0 Å². The summed E-state index contributed by atoms with van der Waals surface area (Å²) in [5.74, 6) is 0.153. The minimum Gasteiger partial charge on any atom is -0.496 e. The summed E-state index contributed by atoms with van der Waals surface area (Å²) in [5, 5.41) is 8.71. The van der Waals surface area contributed by atoms with Crippen LogP contribution in [0, 0.1) is 0 Å². The fourth-order valence-electron chi connectivity index (χ4n) is 2.55. The van der Waals surface area contributed by atoms with Gasteiger partial charge in [0.05, 0.1) is 20.3 Å². The third-order valence-electron chi connectivity index (χ3n) is 3.70. The Morgan fingerprint density at radius 2 is 2.14 bits per heavy atom. The van der Waals surface area contributed by atoms with Crippen molar-refractivity contribution in [1.29, 1.82) is 0 Å². The Bertz CT molecular complexity index is 469. The van der Waals surface area contributed by atoms with E-state index in [9.17, 15) is 4.79 Å². The number of carboxylic acid groups (broad SMARTS) is 1. The van der Waals surface area contributed by atoms with Crippen molar-refractivity contribution in [2.24, 2.45) is 0 Å². The highest BCUT2D eigenvalue weighted by Crippen LogP contribution is 2.23. The van der Waals surface area contributed by atoms with Gasteiger partial charge in [0.2, 0.25) is 0 Å². The number of carboxylic acids is 1. The van der Waals surface area contributed by atoms with Crippen molar-refractivity contribution in [2.75, 3.05) is 33.4 Å². The van der Waals surface area contributed by atoms with E-state index in [0.29, 0.717) is 6.42 Å². The summed E-state index contributed by atoms with van der Waals surface area (Å²) in [7, 11) is 1.68. The van der Waals surface area contributed by atoms with Crippen molar-refractivity contribution in [1.82, 2.24) is 4.90 Å². The van der Waals surface area contributed by atoms with E-state index < -0.39 is 5.97 Å². The van der Waals surface area contributed by atoms with Gasteiger partial charge in [0.25, 0.3) is 0 Å². The second-order valence-corrected chi connectivity index (χ2v) is 5.28. The number of carbonyl (C=O) groups is 1. The number of hydrogen-bond donors (Lipinski definition) is 1. The fraction of sp³-hybridized carbons (Fsp3) is 0.562. The first-order chi connectivity index (χ1) is 10.2. The van der Waals surface area contributed by atoms with Gasteiger partial charge in [0.15, 0.2) is 0 Å². The lowest BCUT2D eigenvalue weighted by Crippen LogP contribution is -2.35. The van der Waals surface area contributed by atoms with E-state index >= 15 is 0 Å². The Balaban J connectivity index is 2.00. The van der Waals surface area contributed by atoms with Crippen LogP contribution in [0.1, 0.15) is 24.0 Å². The Morgan fingerprint density at radius 3 is 2.81 bits per heavy atom. The number of ether oxygens (including phenoxy) is 2. The van der Waals surface area contributed by atoms with Crippen molar-refractivity contribution >= 4 is 5.97 Å². The van der Waals surface area contributed by atoms with Crippen molar-refractivity contribution in [3.05, 3.63) is 29.3 Å². The molecular formula is C16H23NO4. The van der Waals surface area contributed by atoms with Crippen LogP contribution in [0.5, 0.6) is 5.75 Å². The maximum absolute atomic E-state index is 10.6. The number of hydrogen-bond acceptors (Lipinski definition) is 4. The third-order valence-corrected chi connectivity index (χ3v) is 3.70. The monoisotopic (exact) mass is 293 g/mol. The van der Waals surface area contributed by atoms with E-state index in [4.69, 9.17) is 14.6 Å². The maximum Gasteiger partial charge on any atom is 0.303 e. The summed E-state index contributed by atoms with van der Waals surface area (Å²) >= 11 is 0. The summed E-state index contributed by atoms with van der Waals surface area (Å²) in [4.78, 5) is 12.9. The zero-order valence-corrected chi connectivity index (χ0v) is 12.5. The first kappa shape index (κ1) is 15.8. The van der Waals surface area contributed by atoms with Gasteiger partial charge in [0, 0.05) is 31.6 Å². The smallest absolute Gasteiger partial charge is 0.303 e. The normalized spacial score (nSPS) is 15.9. The van der Waals surface area contributed by atoms with E-state index in [0.717, 1.165) is 50.6 Å². The van der Waals surface area contributed by atoms with Gasteiger partial charge in [-0.1, -0.05) is 12.1 Å².